The van der Waals surface area contributed by atoms with Gasteiger partial charge in [-0.2, -0.15) is 5.26 Å². The van der Waals surface area contributed by atoms with Crippen LogP contribution in [0.3, 0.4) is 0 Å². The van der Waals surface area contributed by atoms with E-state index in [0.29, 0.717) is 10.7 Å². The number of halogens is 1. The summed E-state index contributed by atoms with van der Waals surface area (Å²) in [5.41, 5.74) is 0.708. The van der Waals surface area contributed by atoms with E-state index in [2.05, 4.69) is 15.6 Å². The van der Waals surface area contributed by atoms with Crippen molar-refractivity contribution in [2.45, 2.75) is 18.6 Å². The SMILES string of the molecule is C=S(=O)(NC#N)C(C)(C)c1ccc(Cl)nc1. The number of nitriles is 1. The number of nitrogens with zero attached hydrogens (tertiary/aromatic N) is 2. The Kier molecular flexibility index (Phi) is 3.46. The minimum absolute atomic E-state index is 0.364. The van der Waals surface area contributed by atoms with Crippen LogP contribution >= 0.6 is 11.6 Å². The highest BCUT2D eigenvalue weighted by Crippen LogP contribution is 2.28. The molecule has 1 unspecified atom stereocenters. The van der Waals surface area contributed by atoms with E-state index in [4.69, 9.17) is 16.9 Å². The molecule has 0 fully saturated rings. The first-order chi connectivity index (χ1) is 7.31. The molecule has 0 spiro atoms. The third-order valence-corrected chi connectivity index (χ3v) is 4.99. The van der Waals surface area contributed by atoms with Crippen LogP contribution in [0.5, 0.6) is 0 Å². The molecular weight excluding hydrogens is 246 g/mol. The van der Waals surface area contributed by atoms with Crippen LogP contribution < -0.4 is 4.72 Å². The first-order valence-corrected chi connectivity index (χ1v) is 6.56. The van der Waals surface area contributed by atoms with Crippen molar-refractivity contribution in [3.63, 3.8) is 0 Å². The van der Waals surface area contributed by atoms with E-state index in [9.17, 15) is 4.21 Å². The molecule has 16 heavy (non-hydrogen) atoms. The molecule has 1 atom stereocenters. The van der Waals surface area contributed by atoms with Crippen molar-refractivity contribution < 1.29 is 4.21 Å². The lowest BCUT2D eigenvalue weighted by Gasteiger charge is -2.27. The molecule has 0 saturated heterocycles. The number of hydrogen-bond acceptors (Lipinski definition) is 3. The van der Waals surface area contributed by atoms with Crippen LogP contribution in [-0.4, -0.2) is 15.1 Å². The van der Waals surface area contributed by atoms with Crippen LogP contribution in [0.15, 0.2) is 18.3 Å². The fraction of sp³-hybridized carbons (Fsp3) is 0.300. The Balaban J connectivity index is 3.22. The molecule has 0 aromatic carbocycles. The van der Waals surface area contributed by atoms with Crippen molar-refractivity contribution in [1.82, 2.24) is 9.71 Å². The summed E-state index contributed by atoms with van der Waals surface area (Å²) in [7, 11) is -2.77. The van der Waals surface area contributed by atoms with Gasteiger partial charge in [-0.1, -0.05) is 17.7 Å². The van der Waals surface area contributed by atoms with E-state index >= 15 is 0 Å². The van der Waals surface area contributed by atoms with Gasteiger partial charge in [-0.05, 0) is 31.3 Å². The van der Waals surface area contributed by atoms with Crippen LogP contribution in [0.25, 0.3) is 0 Å². The molecule has 1 aromatic rings. The molecule has 6 heteroatoms. The third-order valence-electron chi connectivity index (χ3n) is 2.46. The summed E-state index contributed by atoms with van der Waals surface area (Å²) in [6.07, 6.45) is 3.19. The van der Waals surface area contributed by atoms with E-state index < -0.39 is 14.5 Å². The normalized spacial score (nSPS) is 14.9. The molecular formula is C10H12ClN3OS. The minimum Gasteiger partial charge on any atom is -0.249 e. The molecule has 1 aromatic heterocycles. The number of pyridine rings is 1. The molecule has 0 aliphatic rings. The molecule has 0 radical (unpaired) electrons. The van der Waals surface area contributed by atoms with Gasteiger partial charge in [-0.3, -0.25) is 0 Å². The lowest BCUT2D eigenvalue weighted by Crippen LogP contribution is -2.37. The summed E-state index contributed by atoms with van der Waals surface area (Å²) < 4.78 is 13.6. The van der Waals surface area contributed by atoms with Gasteiger partial charge in [0.15, 0.2) is 6.19 Å². The number of rotatable bonds is 3. The van der Waals surface area contributed by atoms with Crippen LogP contribution in [0.4, 0.5) is 0 Å². The molecule has 1 rings (SSSR count). The van der Waals surface area contributed by atoms with E-state index in [1.54, 1.807) is 32.2 Å². The fourth-order valence-electron chi connectivity index (χ4n) is 1.12. The van der Waals surface area contributed by atoms with Gasteiger partial charge in [-0.15, -0.1) is 0 Å². The van der Waals surface area contributed by atoms with E-state index in [-0.39, 0.29) is 0 Å². The van der Waals surface area contributed by atoms with E-state index in [0.717, 1.165) is 0 Å². The van der Waals surface area contributed by atoms with Gasteiger partial charge < -0.3 is 0 Å². The Bertz CT molecular complexity index is 514. The predicted molar refractivity (Wildman–Crippen MR) is 66.3 cm³/mol. The fourth-order valence-corrected chi connectivity index (χ4v) is 2.14. The first kappa shape index (κ1) is 12.8. The standard InChI is InChI=1S/C10H12ClN3OS/c1-10(2,16(3,15)14-7-12)8-4-5-9(11)13-6-8/h4-6H,3H2,1-2H3,(H,14,15). The van der Waals surface area contributed by atoms with Gasteiger partial charge in [0.1, 0.15) is 5.15 Å². The number of hydrogen-bond donors (Lipinski definition) is 1. The molecule has 1 N–H and O–H groups in total. The van der Waals surface area contributed by atoms with Crippen molar-refractivity contribution in [2.75, 3.05) is 0 Å². The minimum atomic E-state index is -2.77. The molecule has 0 aliphatic heterocycles. The van der Waals surface area contributed by atoms with Crippen LogP contribution in [0, 0.1) is 11.5 Å². The van der Waals surface area contributed by atoms with Gasteiger partial charge in [0, 0.05) is 6.20 Å². The van der Waals surface area contributed by atoms with E-state index in [1.807, 2.05) is 0 Å². The monoisotopic (exact) mass is 257 g/mol. The molecule has 86 valence electrons. The second kappa shape index (κ2) is 4.32. The Morgan fingerprint density at radius 2 is 2.25 bits per heavy atom. The summed E-state index contributed by atoms with van der Waals surface area (Å²) in [5, 5.41) is 8.90. The summed E-state index contributed by atoms with van der Waals surface area (Å²) >= 11 is 5.67. The maximum absolute atomic E-state index is 12.2. The maximum Gasteiger partial charge on any atom is 0.188 e. The van der Waals surface area contributed by atoms with Crippen molar-refractivity contribution in [1.29, 1.82) is 5.26 Å². The van der Waals surface area contributed by atoms with Gasteiger partial charge in [0.25, 0.3) is 0 Å². The van der Waals surface area contributed by atoms with E-state index in [1.165, 1.54) is 6.20 Å². The Hall–Kier alpha value is -1.25. The molecule has 0 amide bonds. The van der Waals surface area contributed by atoms with Gasteiger partial charge in [0.2, 0.25) is 0 Å². The van der Waals surface area contributed by atoms with Crippen LogP contribution in [0.2, 0.25) is 5.15 Å². The van der Waals surface area contributed by atoms with Gasteiger partial charge >= 0.3 is 0 Å². The van der Waals surface area contributed by atoms with Crippen molar-refractivity contribution in [3.8, 4) is 6.19 Å². The molecule has 0 aliphatic carbocycles. The van der Waals surface area contributed by atoms with Crippen molar-refractivity contribution in [2.24, 2.45) is 0 Å². The topological polar surface area (TPSA) is 65.8 Å². The largest absolute Gasteiger partial charge is 0.249 e. The molecule has 0 bridgehead atoms. The second-order valence-corrected chi connectivity index (χ2v) is 6.73. The highest BCUT2D eigenvalue weighted by molar-refractivity contribution is 7.99. The molecule has 0 saturated carbocycles. The van der Waals surface area contributed by atoms with Crippen LogP contribution in [0.1, 0.15) is 19.4 Å². The average molecular weight is 258 g/mol. The van der Waals surface area contributed by atoms with Crippen molar-refractivity contribution >= 4 is 27.2 Å². The quantitative estimate of drug-likeness (QED) is 0.388. The maximum atomic E-state index is 12.2. The summed E-state index contributed by atoms with van der Waals surface area (Å²) in [6, 6.07) is 3.33. The number of aromatic nitrogens is 1. The Morgan fingerprint density at radius 3 is 2.69 bits per heavy atom. The lowest BCUT2D eigenvalue weighted by atomic mass is 10.1. The summed E-state index contributed by atoms with van der Waals surface area (Å²) in [6.45, 7) is 3.47. The van der Waals surface area contributed by atoms with Gasteiger partial charge in [-0.25, -0.2) is 13.9 Å². The first-order valence-electron chi connectivity index (χ1n) is 4.46. The van der Waals surface area contributed by atoms with Gasteiger partial charge in [0.05, 0.1) is 14.5 Å². The highest BCUT2D eigenvalue weighted by Gasteiger charge is 2.31. The second-order valence-electron chi connectivity index (χ2n) is 3.77. The van der Waals surface area contributed by atoms with Crippen LogP contribution in [-0.2, 0) is 14.5 Å². The lowest BCUT2D eigenvalue weighted by molar-refractivity contribution is 0.634. The molecule has 4 nitrogen and oxygen atoms in total. The summed E-state index contributed by atoms with van der Waals surface area (Å²) in [5.74, 6) is 3.56. The smallest absolute Gasteiger partial charge is 0.188 e. The zero-order valence-electron chi connectivity index (χ0n) is 9.03. The predicted octanol–water partition coefficient (Wildman–Crippen LogP) is 1.67. The summed E-state index contributed by atoms with van der Waals surface area (Å²) in [4.78, 5) is 3.92. The highest BCUT2D eigenvalue weighted by atomic mass is 35.5. The Labute approximate surface area is 100 Å². The molecule has 1 heterocycles. The zero-order valence-corrected chi connectivity index (χ0v) is 10.6. The Morgan fingerprint density at radius 1 is 1.62 bits per heavy atom. The third kappa shape index (κ3) is 2.29. The number of nitrogens with one attached hydrogen (secondary N) is 1. The zero-order chi connectivity index (χ0) is 12.4. The average Bonchev–Trinajstić information content (AvgIpc) is 2.18. The van der Waals surface area contributed by atoms with Crippen molar-refractivity contribution in [3.05, 3.63) is 29.0 Å².